The molecular weight excluding hydrogens is 220 g/mol. The van der Waals surface area contributed by atoms with Gasteiger partial charge >= 0.3 is 0 Å². The fourth-order valence-electron chi connectivity index (χ4n) is 2.25. The lowest BCUT2D eigenvalue weighted by molar-refractivity contribution is 0.112. The number of benzene rings is 2. The van der Waals surface area contributed by atoms with E-state index in [1.807, 2.05) is 18.2 Å². The zero-order valence-electron chi connectivity index (χ0n) is 11.4. The molecule has 0 spiro atoms. The number of aldehydes is 1. The smallest absolute Gasteiger partial charge is 0.150 e. The molecule has 0 atom stereocenters. The molecule has 1 nitrogen and oxygen atoms in total. The van der Waals surface area contributed by atoms with Crippen LogP contribution in [0.3, 0.4) is 0 Å². The zero-order valence-corrected chi connectivity index (χ0v) is 11.4. The van der Waals surface area contributed by atoms with Gasteiger partial charge < -0.3 is 0 Å². The lowest BCUT2D eigenvalue weighted by Crippen LogP contribution is -1.92. The summed E-state index contributed by atoms with van der Waals surface area (Å²) in [6.45, 7) is 8.45. The summed E-state index contributed by atoms with van der Waals surface area (Å²) in [6.07, 6.45) is 0.902. The summed E-state index contributed by atoms with van der Waals surface area (Å²) in [5, 5.41) is 0. The first kappa shape index (κ1) is 12.6. The van der Waals surface area contributed by atoms with Crippen molar-refractivity contribution in [2.75, 3.05) is 0 Å². The highest BCUT2D eigenvalue weighted by molar-refractivity contribution is 5.81. The second kappa shape index (κ2) is 4.77. The Hall–Kier alpha value is -1.89. The molecule has 0 amide bonds. The highest BCUT2D eigenvalue weighted by Gasteiger charge is 2.08. The molecule has 0 N–H and O–H groups in total. The van der Waals surface area contributed by atoms with Crippen molar-refractivity contribution in [1.82, 2.24) is 0 Å². The van der Waals surface area contributed by atoms with E-state index in [1.165, 1.54) is 27.8 Å². The summed E-state index contributed by atoms with van der Waals surface area (Å²) >= 11 is 0. The fraction of sp³-hybridized carbons (Fsp3) is 0.235. The van der Waals surface area contributed by atoms with Crippen LogP contribution in [0.15, 0.2) is 30.3 Å². The van der Waals surface area contributed by atoms with Crippen LogP contribution in [0.4, 0.5) is 0 Å². The van der Waals surface area contributed by atoms with Gasteiger partial charge in [0.05, 0.1) is 0 Å². The third kappa shape index (κ3) is 2.21. The molecule has 0 unspecified atom stereocenters. The van der Waals surface area contributed by atoms with Crippen molar-refractivity contribution < 1.29 is 4.79 Å². The third-order valence-electron chi connectivity index (χ3n) is 3.53. The van der Waals surface area contributed by atoms with Crippen LogP contribution in [-0.2, 0) is 0 Å². The summed E-state index contributed by atoms with van der Waals surface area (Å²) in [4.78, 5) is 10.9. The van der Waals surface area contributed by atoms with E-state index in [4.69, 9.17) is 0 Å². The van der Waals surface area contributed by atoms with Gasteiger partial charge in [-0.3, -0.25) is 4.79 Å². The van der Waals surface area contributed by atoms with Crippen molar-refractivity contribution in [3.63, 3.8) is 0 Å². The quantitative estimate of drug-likeness (QED) is 0.709. The summed E-state index contributed by atoms with van der Waals surface area (Å²) in [5.74, 6) is 0. The van der Waals surface area contributed by atoms with E-state index in [0.717, 1.165) is 17.4 Å². The van der Waals surface area contributed by atoms with Gasteiger partial charge in [-0.25, -0.2) is 0 Å². The van der Waals surface area contributed by atoms with Gasteiger partial charge in [0.25, 0.3) is 0 Å². The predicted molar refractivity (Wildman–Crippen MR) is 76.2 cm³/mol. The molecule has 2 rings (SSSR count). The van der Waals surface area contributed by atoms with Gasteiger partial charge in [0, 0.05) is 5.56 Å². The van der Waals surface area contributed by atoms with E-state index < -0.39 is 0 Å². The Morgan fingerprint density at radius 1 is 0.722 bits per heavy atom. The Bertz CT molecular complexity index is 609. The van der Waals surface area contributed by atoms with Crippen LogP contribution in [0.1, 0.15) is 32.6 Å². The molecular formula is C17H18O. The largest absolute Gasteiger partial charge is 0.298 e. The average molecular weight is 238 g/mol. The van der Waals surface area contributed by atoms with Crippen molar-refractivity contribution in [3.05, 3.63) is 58.1 Å². The van der Waals surface area contributed by atoms with Gasteiger partial charge in [0.2, 0.25) is 0 Å². The SMILES string of the molecule is Cc1cc(C)c(-c2cc(C=O)ccc2C)cc1C. The molecule has 0 bridgehead atoms. The van der Waals surface area contributed by atoms with Crippen molar-refractivity contribution in [3.8, 4) is 11.1 Å². The molecule has 1 heteroatoms. The first-order valence-corrected chi connectivity index (χ1v) is 6.17. The maximum absolute atomic E-state index is 10.9. The van der Waals surface area contributed by atoms with Crippen LogP contribution >= 0.6 is 0 Å². The Morgan fingerprint density at radius 3 is 2.00 bits per heavy atom. The standard InChI is InChI=1S/C17H18O/c1-11-5-6-15(10-18)9-17(11)16-8-13(3)12(2)7-14(16)4/h5-10H,1-4H3. The summed E-state index contributed by atoms with van der Waals surface area (Å²) in [5.41, 5.74) is 8.15. The highest BCUT2D eigenvalue weighted by Crippen LogP contribution is 2.29. The second-order valence-electron chi connectivity index (χ2n) is 4.94. The minimum absolute atomic E-state index is 0.730. The van der Waals surface area contributed by atoms with Gasteiger partial charge in [-0.05, 0) is 67.1 Å². The molecule has 0 saturated carbocycles. The fourth-order valence-corrected chi connectivity index (χ4v) is 2.25. The third-order valence-corrected chi connectivity index (χ3v) is 3.53. The predicted octanol–water partition coefficient (Wildman–Crippen LogP) is 4.40. The van der Waals surface area contributed by atoms with E-state index in [1.54, 1.807) is 0 Å². The molecule has 0 aromatic heterocycles. The van der Waals surface area contributed by atoms with Crippen molar-refractivity contribution >= 4 is 6.29 Å². The molecule has 2 aromatic carbocycles. The lowest BCUT2D eigenvalue weighted by Gasteiger charge is -2.13. The van der Waals surface area contributed by atoms with Crippen LogP contribution in [0.2, 0.25) is 0 Å². The van der Waals surface area contributed by atoms with Gasteiger partial charge in [-0.15, -0.1) is 0 Å². The van der Waals surface area contributed by atoms with Crippen LogP contribution in [0.25, 0.3) is 11.1 Å². The van der Waals surface area contributed by atoms with Crippen LogP contribution < -0.4 is 0 Å². The van der Waals surface area contributed by atoms with Crippen LogP contribution in [-0.4, -0.2) is 6.29 Å². The Kier molecular flexibility index (Phi) is 3.33. The normalized spacial score (nSPS) is 10.4. The topological polar surface area (TPSA) is 17.1 Å². The lowest BCUT2D eigenvalue weighted by atomic mass is 9.92. The summed E-state index contributed by atoms with van der Waals surface area (Å²) < 4.78 is 0. The molecule has 0 saturated heterocycles. The number of hydrogen-bond acceptors (Lipinski definition) is 1. The molecule has 18 heavy (non-hydrogen) atoms. The average Bonchev–Trinajstić information content (AvgIpc) is 2.35. The van der Waals surface area contributed by atoms with E-state index in [2.05, 4.69) is 39.8 Å². The van der Waals surface area contributed by atoms with E-state index in [0.29, 0.717) is 0 Å². The maximum atomic E-state index is 10.9. The van der Waals surface area contributed by atoms with Crippen molar-refractivity contribution in [2.45, 2.75) is 27.7 Å². The molecule has 0 aliphatic heterocycles. The molecule has 92 valence electrons. The first-order valence-electron chi connectivity index (χ1n) is 6.17. The molecule has 0 aliphatic rings. The second-order valence-corrected chi connectivity index (χ2v) is 4.94. The number of carbonyl (C=O) groups is 1. The minimum atomic E-state index is 0.730. The minimum Gasteiger partial charge on any atom is -0.298 e. The number of carbonyl (C=O) groups excluding carboxylic acids is 1. The number of rotatable bonds is 2. The van der Waals surface area contributed by atoms with Crippen LogP contribution in [0, 0.1) is 27.7 Å². The summed E-state index contributed by atoms with van der Waals surface area (Å²) in [7, 11) is 0. The number of hydrogen-bond donors (Lipinski definition) is 0. The van der Waals surface area contributed by atoms with E-state index >= 15 is 0 Å². The molecule has 0 heterocycles. The number of aryl methyl sites for hydroxylation is 4. The van der Waals surface area contributed by atoms with Gasteiger partial charge in [-0.2, -0.15) is 0 Å². The summed E-state index contributed by atoms with van der Waals surface area (Å²) in [6, 6.07) is 10.3. The van der Waals surface area contributed by atoms with Crippen molar-refractivity contribution in [2.24, 2.45) is 0 Å². The van der Waals surface area contributed by atoms with Crippen LogP contribution in [0.5, 0.6) is 0 Å². The van der Waals surface area contributed by atoms with E-state index in [9.17, 15) is 4.79 Å². The van der Waals surface area contributed by atoms with Gasteiger partial charge in [0.15, 0.2) is 0 Å². The Morgan fingerprint density at radius 2 is 1.33 bits per heavy atom. The van der Waals surface area contributed by atoms with Gasteiger partial charge in [0.1, 0.15) is 6.29 Å². The molecule has 0 fully saturated rings. The Labute approximate surface area is 108 Å². The Balaban J connectivity index is 2.68. The van der Waals surface area contributed by atoms with E-state index in [-0.39, 0.29) is 0 Å². The van der Waals surface area contributed by atoms with Gasteiger partial charge in [-0.1, -0.05) is 24.3 Å². The zero-order chi connectivity index (χ0) is 13.3. The molecule has 0 radical (unpaired) electrons. The monoisotopic (exact) mass is 238 g/mol. The maximum Gasteiger partial charge on any atom is 0.150 e. The van der Waals surface area contributed by atoms with Crippen molar-refractivity contribution in [1.29, 1.82) is 0 Å². The molecule has 2 aromatic rings. The first-order chi connectivity index (χ1) is 8.52. The molecule has 0 aliphatic carbocycles. The highest BCUT2D eigenvalue weighted by atomic mass is 16.1.